The van der Waals surface area contributed by atoms with Gasteiger partial charge in [-0.25, -0.2) is 0 Å². The third kappa shape index (κ3) is 2.61. The summed E-state index contributed by atoms with van der Waals surface area (Å²) >= 11 is 0. The van der Waals surface area contributed by atoms with Gasteiger partial charge in [0.1, 0.15) is 5.69 Å². The first-order chi connectivity index (χ1) is 12.2. The van der Waals surface area contributed by atoms with E-state index in [4.69, 9.17) is 13.6 Å². The number of anilines is 1. The van der Waals surface area contributed by atoms with Crippen LogP contribution in [-0.4, -0.2) is 33.0 Å². The predicted molar refractivity (Wildman–Crippen MR) is 87.2 cm³/mol. The van der Waals surface area contributed by atoms with Gasteiger partial charge in [0, 0.05) is 18.6 Å². The van der Waals surface area contributed by atoms with E-state index in [0.29, 0.717) is 17.0 Å². The van der Waals surface area contributed by atoms with Gasteiger partial charge in [-0.3, -0.25) is 14.8 Å². The Hall–Kier alpha value is -3.62. The summed E-state index contributed by atoms with van der Waals surface area (Å²) in [5.74, 6) is 0.410. The normalized spacial score (nSPS) is 11.0. The first-order valence-corrected chi connectivity index (χ1v) is 7.35. The van der Waals surface area contributed by atoms with Crippen molar-refractivity contribution in [1.29, 1.82) is 0 Å². The minimum Gasteiger partial charge on any atom is -0.493 e. The zero-order chi connectivity index (χ0) is 17.4. The van der Waals surface area contributed by atoms with Crippen LogP contribution in [0.1, 0.15) is 10.6 Å². The fraction of sp³-hybridized carbons (Fsp3) is 0.125. The van der Waals surface area contributed by atoms with Crippen LogP contribution in [0.3, 0.4) is 0 Å². The van der Waals surface area contributed by atoms with Gasteiger partial charge in [0.2, 0.25) is 0 Å². The number of nitrogens with one attached hydrogen (secondary N) is 1. The zero-order valence-electron chi connectivity index (χ0n) is 13.4. The summed E-state index contributed by atoms with van der Waals surface area (Å²) in [7, 11) is 3.29. The minimum atomic E-state index is -0.501. The molecule has 0 saturated carbocycles. The number of amides is 1. The summed E-state index contributed by atoms with van der Waals surface area (Å²) in [6, 6.07) is 8.71. The van der Waals surface area contributed by atoms with Crippen LogP contribution in [0.2, 0.25) is 0 Å². The van der Waals surface area contributed by atoms with Gasteiger partial charge >= 0.3 is 6.01 Å². The molecule has 1 N–H and O–H groups in total. The van der Waals surface area contributed by atoms with Crippen LogP contribution in [0.25, 0.3) is 22.6 Å². The van der Waals surface area contributed by atoms with Crippen LogP contribution in [0.4, 0.5) is 6.01 Å². The highest BCUT2D eigenvalue weighted by Crippen LogP contribution is 2.29. The quantitative estimate of drug-likeness (QED) is 0.608. The van der Waals surface area contributed by atoms with Crippen molar-refractivity contribution >= 4 is 22.9 Å². The molecule has 9 heteroatoms. The maximum atomic E-state index is 12.4. The van der Waals surface area contributed by atoms with E-state index >= 15 is 0 Å². The molecule has 1 aromatic carbocycles. The van der Waals surface area contributed by atoms with Gasteiger partial charge in [0.25, 0.3) is 11.8 Å². The van der Waals surface area contributed by atoms with Crippen molar-refractivity contribution in [3.05, 3.63) is 42.3 Å². The Labute approximate surface area is 141 Å². The summed E-state index contributed by atoms with van der Waals surface area (Å²) in [4.78, 5) is 12.4. The number of fused-ring (bicyclic) bond motifs is 1. The number of carbonyl (C=O) groups excluding carboxylic acids is 1. The van der Waals surface area contributed by atoms with E-state index in [-0.39, 0.29) is 17.7 Å². The number of carbonyl (C=O) groups is 1. The van der Waals surface area contributed by atoms with E-state index in [0.717, 1.165) is 5.39 Å². The van der Waals surface area contributed by atoms with Crippen molar-refractivity contribution in [3.63, 3.8) is 0 Å². The lowest BCUT2D eigenvalue weighted by Gasteiger charge is -1.99. The molecule has 0 spiro atoms. The molecule has 4 aromatic rings. The molecule has 3 heterocycles. The van der Waals surface area contributed by atoms with Gasteiger partial charge in [-0.05, 0) is 18.2 Å². The van der Waals surface area contributed by atoms with Crippen LogP contribution in [0, 0.1) is 0 Å². The fourth-order valence-corrected chi connectivity index (χ4v) is 2.43. The molecule has 0 fully saturated rings. The number of rotatable bonds is 4. The molecule has 0 bridgehead atoms. The molecule has 0 aliphatic carbocycles. The molecule has 4 rings (SSSR count). The number of para-hydroxylation sites is 1. The number of aryl methyl sites for hydroxylation is 1. The van der Waals surface area contributed by atoms with Crippen LogP contribution < -0.4 is 10.1 Å². The van der Waals surface area contributed by atoms with Gasteiger partial charge in [-0.1, -0.05) is 17.2 Å². The lowest BCUT2D eigenvalue weighted by Crippen LogP contribution is -2.10. The van der Waals surface area contributed by atoms with E-state index in [2.05, 4.69) is 20.6 Å². The molecule has 126 valence electrons. The molecule has 0 saturated heterocycles. The van der Waals surface area contributed by atoms with Crippen molar-refractivity contribution in [3.8, 4) is 17.3 Å². The summed E-state index contributed by atoms with van der Waals surface area (Å²) < 4.78 is 17.8. The van der Waals surface area contributed by atoms with E-state index in [1.807, 2.05) is 12.1 Å². The van der Waals surface area contributed by atoms with Crippen molar-refractivity contribution < 1.29 is 18.4 Å². The first-order valence-electron chi connectivity index (χ1n) is 7.35. The Kier molecular flexibility index (Phi) is 3.46. The monoisotopic (exact) mass is 339 g/mol. The van der Waals surface area contributed by atoms with Crippen LogP contribution >= 0.6 is 0 Å². The molecule has 25 heavy (non-hydrogen) atoms. The number of furan rings is 1. The topological polar surface area (TPSA) is 108 Å². The molecule has 0 aliphatic heterocycles. The molecule has 0 aliphatic rings. The number of benzene rings is 1. The van der Waals surface area contributed by atoms with Gasteiger partial charge in [-0.2, -0.15) is 5.10 Å². The summed E-state index contributed by atoms with van der Waals surface area (Å²) in [5.41, 5.74) is 1.14. The fourth-order valence-electron chi connectivity index (χ4n) is 2.43. The van der Waals surface area contributed by atoms with E-state index in [9.17, 15) is 4.79 Å². The maximum absolute atomic E-state index is 12.4. The van der Waals surface area contributed by atoms with E-state index in [1.165, 1.54) is 7.11 Å². The van der Waals surface area contributed by atoms with Gasteiger partial charge in [-0.15, -0.1) is 5.10 Å². The SMILES string of the molecule is COc1cccc2cc(C(=O)Nc3nnc(-c4ccnn4C)o3)oc12. The Morgan fingerprint density at radius 1 is 1.24 bits per heavy atom. The van der Waals surface area contributed by atoms with E-state index < -0.39 is 5.91 Å². The Bertz CT molecular complexity index is 1060. The van der Waals surface area contributed by atoms with Crippen molar-refractivity contribution in [2.24, 2.45) is 7.05 Å². The highest BCUT2D eigenvalue weighted by Gasteiger charge is 2.18. The third-order valence-corrected chi connectivity index (χ3v) is 3.64. The molecular formula is C16H13N5O4. The number of aromatic nitrogens is 4. The standard InChI is InChI=1S/C16H13N5O4/c1-21-10(6-7-17-21)15-19-20-16(25-15)18-14(22)12-8-9-4-3-5-11(23-2)13(9)24-12/h3-8H,1-2H3,(H,18,20,22). The Morgan fingerprint density at radius 2 is 2.12 bits per heavy atom. The lowest BCUT2D eigenvalue weighted by atomic mass is 10.2. The Balaban J connectivity index is 1.58. The lowest BCUT2D eigenvalue weighted by molar-refractivity contribution is 0.0995. The average Bonchev–Trinajstić information content (AvgIpc) is 3.32. The van der Waals surface area contributed by atoms with Crippen LogP contribution in [-0.2, 0) is 7.05 Å². The Morgan fingerprint density at radius 3 is 2.88 bits per heavy atom. The summed E-state index contributed by atoms with van der Waals surface area (Å²) in [6.45, 7) is 0. The number of nitrogens with zero attached hydrogens (tertiary/aromatic N) is 4. The van der Waals surface area contributed by atoms with Gasteiger partial charge in [0.15, 0.2) is 17.1 Å². The number of hydrogen-bond donors (Lipinski definition) is 1. The second-order valence-corrected chi connectivity index (χ2v) is 5.20. The highest BCUT2D eigenvalue weighted by atomic mass is 16.5. The minimum absolute atomic E-state index is 0.0337. The number of ether oxygens (including phenoxy) is 1. The third-order valence-electron chi connectivity index (χ3n) is 3.64. The molecular weight excluding hydrogens is 326 g/mol. The highest BCUT2D eigenvalue weighted by molar-refractivity contribution is 6.04. The van der Waals surface area contributed by atoms with Crippen LogP contribution in [0.15, 0.2) is 45.4 Å². The zero-order valence-corrected chi connectivity index (χ0v) is 13.4. The second-order valence-electron chi connectivity index (χ2n) is 5.20. The van der Waals surface area contributed by atoms with Crippen molar-refractivity contribution in [2.45, 2.75) is 0 Å². The van der Waals surface area contributed by atoms with Crippen LogP contribution in [0.5, 0.6) is 5.75 Å². The van der Waals surface area contributed by atoms with Crippen molar-refractivity contribution in [1.82, 2.24) is 20.0 Å². The van der Waals surface area contributed by atoms with Gasteiger partial charge in [0.05, 0.1) is 7.11 Å². The molecule has 0 atom stereocenters. The number of hydrogen-bond acceptors (Lipinski definition) is 7. The van der Waals surface area contributed by atoms with Gasteiger partial charge < -0.3 is 13.6 Å². The summed E-state index contributed by atoms with van der Waals surface area (Å²) in [5, 5.41) is 15.0. The first kappa shape index (κ1) is 14.9. The summed E-state index contributed by atoms with van der Waals surface area (Å²) in [6.07, 6.45) is 1.61. The molecule has 0 unspecified atom stereocenters. The second kappa shape index (κ2) is 5.78. The smallest absolute Gasteiger partial charge is 0.322 e. The predicted octanol–water partition coefficient (Wildman–Crippen LogP) is 2.48. The van der Waals surface area contributed by atoms with Crippen molar-refractivity contribution in [2.75, 3.05) is 12.4 Å². The largest absolute Gasteiger partial charge is 0.493 e. The average molecular weight is 339 g/mol. The molecule has 1 amide bonds. The molecule has 3 aromatic heterocycles. The van der Waals surface area contributed by atoms with E-state index in [1.54, 1.807) is 36.1 Å². The molecule has 0 radical (unpaired) electrons. The molecule has 9 nitrogen and oxygen atoms in total. The number of methoxy groups -OCH3 is 1. The maximum Gasteiger partial charge on any atom is 0.322 e.